The molecule has 0 amide bonds. The first-order chi connectivity index (χ1) is 25.8. The van der Waals surface area contributed by atoms with E-state index in [1.165, 1.54) is 88.0 Å². The highest BCUT2D eigenvalue weighted by Gasteiger charge is 2.54. The van der Waals surface area contributed by atoms with Gasteiger partial charge in [0.25, 0.3) is 0 Å². The summed E-state index contributed by atoms with van der Waals surface area (Å²) >= 11 is 0. The highest BCUT2D eigenvalue weighted by Crippen LogP contribution is 2.67. The number of aromatic nitrogens is 2. The van der Waals surface area contributed by atoms with Crippen molar-refractivity contribution in [3.05, 3.63) is 205 Å². The van der Waals surface area contributed by atoms with E-state index in [9.17, 15) is 0 Å². The third-order valence-electron chi connectivity index (χ3n) is 11.8. The van der Waals surface area contributed by atoms with E-state index < -0.39 is 5.41 Å². The predicted octanol–water partition coefficient (Wildman–Crippen LogP) is 12.5. The summed E-state index contributed by atoms with van der Waals surface area (Å²) in [4.78, 5) is 4.90. The third kappa shape index (κ3) is 3.46. The predicted molar refractivity (Wildman–Crippen MR) is 215 cm³/mol. The minimum atomic E-state index is -0.480. The first-order valence-corrected chi connectivity index (χ1v) is 18.1. The Kier molecular flexibility index (Phi) is 5.46. The SMILES string of the molecule is c1ccc2c(c1)-c1ccccc1C21c2c(cc(-c3ccc(-c4cn5ccccc5n4)cc3)c3ccccc23)-c2c1c1ccccc1c1ccccc21. The van der Waals surface area contributed by atoms with Gasteiger partial charge in [-0.05, 0) is 106 Å². The van der Waals surface area contributed by atoms with E-state index in [-0.39, 0.29) is 0 Å². The molecule has 0 saturated heterocycles. The quantitative estimate of drug-likeness (QED) is 0.169. The molecule has 0 saturated carbocycles. The smallest absolute Gasteiger partial charge is 0.137 e. The van der Waals surface area contributed by atoms with E-state index in [1.54, 1.807) is 0 Å². The third-order valence-corrected chi connectivity index (χ3v) is 11.8. The summed E-state index contributed by atoms with van der Waals surface area (Å²) in [6.07, 6.45) is 4.16. The minimum absolute atomic E-state index is 0.480. The molecule has 12 rings (SSSR count). The number of hydrogen-bond acceptors (Lipinski definition) is 1. The zero-order chi connectivity index (χ0) is 34.0. The lowest BCUT2D eigenvalue weighted by Crippen LogP contribution is -2.26. The van der Waals surface area contributed by atoms with Crippen LogP contribution in [0.2, 0.25) is 0 Å². The molecule has 2 aliphatic carbocycles. The lowest BCUT2D eigenvalue weighted by molar-refractivity contribution is 0.809. The molecule has 2 heterocycles. The van der Waals surface area contributed by atoms with Gasteiger partial charge in [0, 0.05) is 18.0 Å². The molecule has 10 aromatic rings. The minimum Gasteiger partial charge on any atom is -0.306 e. The summed E-state index contributed by atoms with van der Waals surface area (Å²) in [6, 6.07) is 63.1. The van der Waals surface area contributed by atoms with E-state index in [4.69, 9.17) is 4.98 Å². The number of fused-ring (bicyclic) bond motifs is 18. The summed E-state index contributed by atoms with van der Waals surface area (Å²) < 4.78 is 2.08. The second kappa shape index (κ2) is 10.2. The molecule has 0 fully saturated rings. The van der Waals surface area contributed by atoms with Crippen molar-refractivity contribution in [1.82, 2.24) is 9.38 Å². The molecule has 0 atom stereocenters. The van der Waals surface area contributed by atoms with Crippen LogP contribution in [-0.2, 0) is 5.41 Å². The number of nitrogens with zero attached hydrogens (tertiary/aromatic N) is 2. The van der Waals surface area contributed by atoms with Gasteiger partial charge in [0.15, 0.2) is 0 Å². The van der Waals surface area contributed by atoms with Gasteiger partial charge >= 0.3 is 0 Å². The van der Waals surface area contributed by atoms with Crippen molar-refractivity contribution in [2.75, 3.05) is 0 Å². The maximum absolute atomic E-state index is 4.90. The normalized spacial score (nSPS) is 13.5. The van der Waals surface area contributed by atoms with Gasteiger partial charge in [-0.1, -0.05) is 152 Å². The van der Waals surface area contributed by atoms with E-state index in [1.807, 2.05) is 18.2 Å². The second-order valence-electron chi connectivity index (χ2n) is 14.2. The van der Waals surface area contributed by atoms with Crippen LogP contribution in [0.1, 0.15) is 22.3 Å². The molecule has 0 N–H and O–H groups in total. The van der Waals surface area contributed by atoms with E-state index in [0.717, 1.165) is 16.9 Å². The number of rotatable bonds is 2. The molecule has 2 heteroatoms. The second-order valence-corrected chi connectivity index (χ2v) is 14.2. The van der Waals surface area contributed by atoms with Gasteiger partial charge in [-0.2, -0.15) is 0 Å². The highest BCUT2D eigenvalue weighted by molar-refractivity contribution is 6.22. The highest BCUT2D eigenvalue weighted by atomic mass is 15.0. The molecule has 240 valence electrons. The van der Waals surface area contributed by atoms with Gasteiger partial charge in [-0.25, -0.2) is 4.98 Å². The maximum Gasteiger partial charge on any atom is 0.137 e. The first kappa shape index (κ1) is 28.0. The Morgan fingerprint density at radius 1 is 0.404 bits per heavy atom. The average Bonchev–Trinajstić information content (AvgIpc) is 3.88. The van der Waals surface area contributed by atoms with Gasteiger partial charge in [-0.15, -0.1) is 0 Å². The Morgan fingerprint density at radius 3 is 1.63 bits per heavy atom. The number of imidazole rings is 1. The molecule has 2 nitrogen and oxygen atoms in total. The van der Waals surface area contributed by atoms with Crippen molar-refractivity contribution in [2.45, 2.75) is 5.41 Å². The fourth-order valence-electron chi connectivity index (χ4n) is 9.82. The average molecular weight is 659 g/mol. The summed E-state index contributed by atoms with van der Waals surface area (Å²) in [5, 5.41) is 7.80. The van der Waals surface area contributed by atoms with Gasteiger partial charge < -0.3 is 4.40 Å². The lowest BCUT2D eigenvalue weighted by Gasteiger charge is -2.33. The Morgan fingerprint density at radius 2 is 0.942 bits per heavy atom. The largest absolute Gasteiger partial charge is 0.306 e. The van der Waals surface area contributed by atoms with Gasteiger partial charge in [0.1, 0.15) is 5.65 Å². The maximum atomic E-state index is 4.90. The van der Waals surface area contributed by atoms with Crippen molar-refractivity contribution in [3.63, 3.8) is 0 Å². The molecule has 1 spiro atoms. The van der Waals surface area contributed by atoms with Crippen LogP contribution >= 0.6 is 0 Å². The summed E-state index contributed by atoms with van der Waals surface area (Å²) in [6.45, 7) is 0. The molecule has 0 bridgehead atoms. The van der Waals surface area contributed by atoms with Crippen molar-refractivity contribution < 1.29 is 0 Å². The Balaban J connectivity index is 1.22. The standard InChI is InChI=1S/C50H30N2/c1-4-18-38-33(13-1)34-14-2-6-20-40(34)49-47(38)42-29-41(31-24-26-32(27-25-31)45-30-52-28-12-11-23-46(52)51-45)35-15-3-5-19-39(35)48(42)50(49)43-21-9-7-16-36(43)37-17-8-10-22-44(37)50/h1-30H. The monoisotopic (exact) mass is 658 g/mol. The Bertz CT molecular complexity index is 3050. The van der Waals surface area contributed by atoms with Crippen LogP contribution in [0.5, 0.6) is 0 Å². The van der Waals surface area contributed by atoms with E-state index in [2.05, 4.69) is 168 Å². The molecule has 2 aliphatic rings. The Hall–Kier alpha value is -6.77. The van der Waals surface area contributed by atoms with E-state index in [0.29, 0.717) is 0 Å². The molecular formula is C50H30N2. The number of pyridine rings is 1. The van der Waals surface area contributed by atoms with Crippen LogP contribution in [0.15, 0.2) is 182 Å². The molecule has 2 aromatic heterocycles. The van der Waals surface area contributed by atoms with Crippen LogP contribution in [0, 0.1) is 0 Å². The van der Waals surface area contributed by atoms with Crippen LogP contribution in [0.4, 0.5) is 0 Å². The molecule has 0 radical (unpaired) electrons. The van der Waals surface area contributed by atoms with Gasteiger partial charge in [0.2, 0.25) is 0 Å². The lowest BCUT2D eigenvalue weighted by atomic mass is 9.68. The number of hydrogen-bond donors (Lipinski definition) is 0. The molecule has 8 aromatic carbocycles. The van der Waals surface area contributed by atoms with Crippen molar-refractivity contribution in [3.8, 4) is 44.6 Å². The van der Waals surface area contributed by atoms with E-state index >= 15 is 0 Å². The molecule has 0 aliphatic heterocycles. The van der Waals surface area contributed by atoms with Gasteiger partial charge in [0.05, 0.1) is 11.1 Å². The summed E-state index contributed by atoms with van der Waals surface area (Å²) in [5.41, 5.74) is 15.9. The van der Waals surface area contributed by atoms with Crippen molar-refractivity contribution in [1.29, 1.82) is 0 Å². The van der Waals surface area contributed by atoms with Crippen molar-refractivity contribution >= 4 is 38.0 Å². The Labute approximate surface area is 300 Å². The molecular weight excluding hydrogens is 629 g/mol. The molecule has 52 heavy (non-hydrogen) atoms. The van der Waals surface area contributed by atoms with Crippen LogP contribution in [0.3, 0.4) is 0 Å². The van der Waals surface area contributed by atoms with Crippen LogP contribution in [0.25, 0.3) is 82.6 Å². The molecule has 0 unspecified atom stereocenters. The summed E-state index contributed by atoms with van der Waals surface area (Å²) in [5.74, 6) is 0. The zero-order valence-electron chi connectivity index (χ0n) is 28.2. The van der Waals surface area contributed by atoms with Crippen LogP contribution < -0.4 is 0 Å². The van der Waals surface area contributed by atoms with Gasteiger partial charge in [-0.3, -0.25) is 0 Å². The zero-order valence-corrected chi connectivity index (χ0v) is 28.2. The van der Waals surface area contributed by atoms with Crippen LogP contribution in [-0.4, -0.2) is 9.38 Å². The number of benzene rings is 8. The first-order valence-electron chi connectivity index (χ1n) is 18.1. The van der Waals surface area contributed by atoms with Crippen molar-refractivity contribution in [2.24, 2.45) is 0 Å². The fourth-order valence-corrected chi connectivity index (χ4v) is 9.82. The topological polar surface area (TPSA) is 17.3 Å². The fraction of sp³-hybridized carbons (Fsp3) is 0.0200. The summed E-state index contributed by atoms with van der Waals surface area (Å²) in [7, 11) is 0.